The molecule has 2 fully saturated rings. The summed E-state index contributed by atoms with van der Waals surface area (Å²) in [5.41, 5.74) is 1.52. The van der Waals surface area contributed by atoms with Gasteiger partial charge in [-0.3, -0.25) is 4.79 Å². The summed E-state index contributed by atoms with van der Waals surface area (Å²) in [5.74, 6) is 1.32. The second kappa shape index (κ2) is 7.16. The van der Waals surface area contributed by atoms with Crippen molar-refractivity contribution < 1.29 is 0 Å². The third-order valence-corrected chi connectivity index (χ3v) is 6.20. The minimum atomic E-state index is 0.0555. The molecule has 3 aromatic rings. The number of benzene rings is 1. The largest absolute Gasteiger partial charge is 0.353 e. The fourth-order valence-corrected chi connectivity index (χ4v) is 4.39. The molecule has 1 aliphatic carbocycles. The van der Waals surface area contributed by atoms with Gasteiger partial charge in [-0.2, -0.15) is 5.26 Å². The number of hydrogen-bond acceptors (Lipinski definition) is 5. The average molecular weight is 406 g/mol. The number of nitrogens with zero attached hydrogens (tertiary/aromatic N) is 5. The van der Waals surface area contributed by atoms with Crippen molar-refractivity contribution >= 4 is 28.2 Å². The van der Waals surface area contributed by atoms with Crippen LogP contribution in [0, 0.1) is 11.3 Å². The molecule has 6 nitrogen and oxygen atoms in total. The summed E-state index contributed by atoms with van der Waals surface area (Å²) < 4.78 is 1.85. The second-order valence-electron chi connectivity index (χ2n) is 7.87. The van der Waals surface area contributed by atoms with E-state index in [2.05, 4.69) is 33.1 Å². The minimum Gasteiger partial charge on any atom is -0.353 e. The van der Waals surface area contributed by atoms with E-state index < -0.39 is 0 Å². The van der Waals surface area contributed by atoms with Gasteiger partial charge in [0, 0.05) is 24.7 Å². The molecule has 1 aliphatic heterocycles. The van der Waals surface area contributed by atoms with Crippen LogP contribution >= 0.6 is 11.6 Å². The number of piperidine rings is 1. The van der Waals surface area contributed by atoms with Gasteiger partial charge in [0.1, 0.15) is 11.9 Å². The molecule has 1 saturated heterocycles. The van der Waals surface area contributed by atoms with Crippen molar-refractivity contribution in [1.29, 1.82) is 5.26 Å². The molecule has 2 aromatic heterocycles. The Balaban J connectivity index is 1.44. The molecule has 0 amide bonds. The van der Waals surface area contributed by atoms with E-state index >= 15 is 0 Å². The van der Waals surface area contributed by atoms with Gasteiger partial charge in [0.25, 0.3) is 5.56 Å². The summed E-state index contributed by atoms with van der Waals surface area (Å²) >= 11 is 6.05. The maximum Gasteiger partial charge on any atom is 0.258 e. The van der Waals surface area contributed by atoms with Gasteiger partial charge in [-0.1, -0.05) is 23.7 Å². The zero-order chi connectivity index (χ0) is 20.0. The van der Waals surface area contributed by atoms with Gasteiger partial charge in [-0.05, 0) is 54.7 Å². The predicted octanol–water partition coefficient (Wildman–Crippen LogP) is 4.04. The van der Waals surface area contributed by atoms with Crippen LogP contribution in [0.3, 0.4) is 0 Å². The van der Waals surface area contributed by atoms with Crippen molar-refractivity contribution in [3.05, 3.63) is 63.4 Å². The zero-order valence-corrected chi connectivity index (χ0v) is 16.6. The first-order valence-corrected chi connectivity index (χ1v) is 10.3. The lowest BCUT2D eigenvalue weighted by atomic mass is 10.0. The van der Waals surface area contributed by atoms with Crippen LogP contribution in [0.15, 0.2) is 41.5 Å². The van der Waals surface area contributed by atoms with E-state index in [1.54, 1.807) is 6.20 Å². The third-order valence-electron chi connectivity index (χ3n) is 5.94. The van der Waals surface area contributed by atoms with Crippen molar-refractivity contribution in [2.75, 3.05) is 18.0 Å². The topological polar surface area (TPSA) is 74.8 Å². The van der Waals surface area contributed by atoms with Crippen LogP contribution < -0.4 is 10.5 Å². The highest BCUT2D eigenvalue weighted by atomic mass is 35.5. The molecule has 0 bridgehead atoms. The highest BCUT2D eigenvalue weighted by Gasteiger charge is 2.26. The molecule has 1 saturated carbocycles. The lowest BCUT2D eigenvalue weighted by Gasteiger charge is -2.34. The smallest absolute Gasteiger partial charge is 0.258 e. The summed E-state index contributed by atoms with van der Waals surface area (Å²) in [6.45, 7) is 1.48. The number of fused-ring (bicyclic) bond motifs is 1. The first kappa shape index (κ1) is 18.1. The molecule has 5 rings (SSSR count). The van der Waals surface area contributed by atoms with E-state index in [1.807, 2.05) is 22.9 Å². The number of aromatic nitrogens is 3. The van der Waals surface area contributed by atoms with Crippen LogP contribution in [0.5, 0.6) is 0 Å². The number of hydrogen-bond donors (Lipinski definition) is 0. The van der Waals surface area contributed by atoms with Crippen molar-refractivity contribution in [2.45, 2.75) is 37.6 Å². The van der Waals surface area contributed by atoms with Crippen LogP contribution in [-0.2, 0) is 0 Å². The molecule has 1 aromatic carbocycles. The van der Waals surface area contributed by atoms with Gasteiger partial charge in [-0.15, -0.1) is 0 Å². The Morgan fingerprint density at radius 1 is 1.21 bits per heavy atom. The Labute approximate surface area is 173 Å². The molecule has 3 heterocycles. The number of anilines is 1. The zero-order valence-electron chi connectivity index (χ0n) is 15.9. The Morgan fingerprint density at radius 3 is 2.83 bits per heavy atom. The van der Waals surface area contributed by atoms with E-state index in [0.29, 0.717) is 18.3 Å². The molecule has 0 radical (unpaired) electrons. The normalized spacial score (nSPS) is 19.3. The molecule has 29 heavy (non-hydrogen) atoms. The average Bonchev–Trinajstić information content (AvgIpc) is 3.59. The Hall–Kier alpha value is -2.91. The standard InChI is InChI=1S/C22H20ClN5O/c23-21-19(11-24)25-12-20(26-21)27-8-1-2-17(13-27)28-9-7-16-10-15(14-3-4-14)5-6-18(16)22(28)29/h5-7,9-10,12,14,17H,1-4,8,13H2/t17-/m1/s1. The van der Waals surface area contributed by atoms with E-state index in [4.69, 9.17) is 16.9 Å². The quantitative estimate of drug-likeness (QED) is 0.657. The van der Waals surface area contributed by atoms with Gasteiger partial charge < -0.3 is 9.47 Å². The number of pyridine rings is 1. The van der Waals surface area contributed by atoms with Gasteiger partial charge in [-0.25, -0.2) is 9.97 Å². The Kier molecular flexibility index (Phi) is 4.48. The summed E-state index contributed by atoms with van der Waals surface area (Å²) in [5, 5.41) is 10.9. The molecule has 2 aliphatic rings. The fourth-order valence-electron chi connectivity index (χ4n) is 4.21. The van der Waals surface area contributed by atoms with Crippen LogP contribution in [0.2, 0.25) is 5.15 Å². The first-order valence-electron chi connectivity index (χ1n) is 9.96. The van der Waals surface area contributed by atoms with Crippen molar-refractivity contribution in [1.82, 2.24) is 14.5 Å². The van der Waals surface area contributed by atoms with E-state index in [9.17, 15) is 4.79 Å². The maximum atomic E-state index is 13.2. The SMILES string of the molecule is N#Cc1ncc(N2CCC[C@@H](n3ccc4cc(C5CC5)ccc4c3=O)C2)nc1Cl. The number of rotatable bonds is 3. The van der Waals surface area contributed by atoms with Crippen molar-refractivity contribution in [2.24, 2.45) is 0 Å². The minimum absolute atomic E-state index is 0.0555. The van der Waals surface area contributed by atoms with Crippen LogP contribution in [-0.4, -0.2) is 27.6 Å². The molecule has 7 heteroatoms. The van der Waals surface area contributed by atoms with E-state index in [0.717, 1.165) is 30.2 Å². The van der Waals surface area contributed by atoms with Crippen LogP contribution in [0.1, 0.15) is 48.9 Å². The Bertz CT molecular complexity index is 1190. The Morgan fingerprint density at radius 2 is 2.07 bits per heavy atom. The molecule has 1 atom stereocenters. The van der Waals surface area contributed by atoms with Gasteiger partial charge in [0.2, 0.25) is 0 Å². The van der Waals surface area contributed by atoms with Gasteiger partial charge >= 0.3 is 0 Å². The number of halogens is 1. The summed E-state index contributed by atoms with van der Waals surface area (Å²) in [4.78, 5) is 23.7. The van der Waals surface area contributed by atoms with Crippen LogP contribution in [0.25, 0.3) is 10.8 Å². The van der Waals surface area contributed by atoms with E-state index in [-0.39, 0.29) is 22.4 Å². The highest BCUT2D eigenvalue weighted by Crippen LogP contribution is 2.40. The van der Waals surface area contributed by atoms with Gasteiger partial charge in [0.05, 0.1) is 12.2 Å². The predicted molar refractivity (Wildman–Crippen MR) is 112 cm³/mol. The van der Waals surface area contributed by atoms with Crippen molar-refractivity contribution in [3.8, 4) is 6.07 Å². The molecule has 0 N–H and O–H groups in total. The fraction of sp³-hybridized carbons (Fsp3) is 0.364. The van der Waals surface area contributed by atoms with E-state index in [1.165, 1.54) is 18.4 Å². The highest BCUT2D eigenvalue weighted by molar-refractivity contribution is 6.30. The summed E-state index contributed by atoms with van der Waals surface area (Å²) in [6, 6.07) is 10.3. The summed E-state index contributed by atoms with van der Waals surface area (Å²) in [6.07, 6.45) is 7.88. The maximum absolute atomic E-state index is 13.2. The summed E-state index contributed by atoms with van der Waals surface area (Å²) in [7, 11) is 0. The van der Waals surface area contributed by atoms with Gasteiger partial charge in [0.15, 0.2) is 10.8 Å². The monoisotopic (exact) mass is 405 g/mol. The molecule has 146 valence electrons. The lowest BCUT2D eigenvalue weighted by Crippen LogP contribution is -2.40. The number of nitriles is 1. The molecular weight excluding hydrogens is 386 g/mol. The molecule has 0 unspecified atom stereocenters. The third kappa shape index (κ3) is 3.36. The second-order valence-corrected chi connectivity index (χ2v) is 8.23. The molecule has 0 spiro atoms. The van der Waals surface area contributed by atoms with Crippen molar-refractivity contribution in [3.63, 3.8) is 0 Å². The lowest BCUT2D eigenvalue weighted by molar-refractivity contribution is 0.396. The molecular formula is C22H20ClN5O. The van der Waals surface area contributed by atoms with Crippen LogP contribution in [0.4, 0.5) is 5.82 Å². The first-order chi connectivity index (χ1) is 14.1.